The van der Waals surface area contributed by atoms with Gasteiger partial charge in [0.1, 0.15) is 0 Å². The predicted molar refractivity (Wildman–Crippen MR) is 86.1 cm³/mol. The standard InChI is InChI=1S/C16H26ClN3/c1-12(18)15(13-5-7-14(17)8-6-13)20-10-9-19(4)16(2,3)11-20/h5-8,12,15H,9-11,18H2,1-4H3. The maximum Gasteiger partial charge on any atom is 0.0497 e. The van der Waals surface area contributed by atoms with E-state index in [0.29, 0.717) is 0 Å². The molecule has 1 aliphatic rings. The largest absolute Gasteiger partial charge is 0.326 e. The second-order valence-corrected chi connectivity index (χ2v) is 7.00. The molecule has 1 aromatic carbocycles. The van der Waals surface area contributed by atoms with Crippen LogP contribution in [0.25, 0.3) is 0 Å². The summed E-state index contributed by atoms with van der Waals surface area (Å²) < 4.78 is 0. The molecule has 1 saturated heterocycles. The lowest BCUT2D eigenvalue weighted by Crippen LogP contribution is -2.59. The average Bonchev–Trinajstić information content (AvgIpc) is 2.36. The predicted octanol–water partition coefficient (Wildman–Crippen LogP) is 2.75. The number of nitrogens with two attached hydrogens (primary N) is 1. The Morgan fingerprint density at radius 2 is 1.80 bits per heavy atom. The second-order valence-electron chi connectivity index (χ2n) is 6.56. The van der Waals surface area contributed by atoms with Crippen LogP contribution in [-0.4, -0.2) is 48.1 Å². The fraction of sp³-hybridized carbons (Fsp3) is 0.625. The van der Waals surface area contributed by atoms with Gasteiger partial charge in [-0.25, -0.2) is 0 Å². The fourth-order valence-electron chi connectivity index (χ4n) is 3.02. The quantitative estimate of drug-likeness (QED) is 0.931. The SMILES string of the molecule is CC(N)C(c1ccc(Cl)cc1)N1CCN(C)C(C)(C)C1. The Balaban J connectivity index is 2.23. The van der Waals surface area contributed by atoms with Crippen LogP contribution in [0.3, 0.4) is 0 Å². The summed E-state index contributed by atoms with van der Waals surface area (Å²) in [6.45, 7) is 9.82. The number of hydrogen-bond donors (Lipinski definition) is 1. The molecule has 0 amide bonds. The van der Waals surface area contributed by atoms with Crippen molar-refractivity contribution < 1.29 is 0 Å². The summed E-state index contributed by atoms with van der Waals surface area (Å²) in [5, 5.41) is 0.774. The highest BCUT2D eigenvalue weighted by Gasteiger charge is 2.35. The van der Waals surface area contributed by atoms with Crippen LogP contribution in [0.5, 0.6) is 0 Å². The lowest BCUT2D eigenvalue weighted by molar-refractivity contribution is 0.0112. The molecule has 1 aliphatic heterocycles. The number of piperazine rings is 1. The summed E-state index contributed by atoms with van der Waals surface area (Å²) >= 11 is 5.99. The fourth-order valence-corrected chi connectivity index (χ4v) is 3.15. The number of hydrogen-bond acceptors (Lipinski definition) is 3. The molecule has 0 aromatic heterocycles. The van der Waals surface area contributed by atoms with Gasteiger partial charge in [-0.3, -0.25) is 9.80 Å². The maximum atomic E-state index is 6.27. The van der Waals surface area contributed by atoms with E-state index in [1.165, 1.54) is 5.56 Å². The van der Waals surface area contributed by atoms with Crippen molar-refractivity contribution in [3.05, 3.63) is 34.9 Å². The first-order valence-corrected chi connectivity index (χ1v) is 7.65. The molecular formula is C16H26ClN3. The van der Waals surface area contributed by atoms with E-state index in [-0.39, 0.29) is 17.6 Å². The van der Waals surface area contributed by atoms with Gasteiger partial charge in [0.15, 0.2) is 0 Å². The Morgan fingerprint density at radius 1 is 1.20 bits per heavy atom. The van der Waals surface area contributed by atoms with Gasteiger partial charge in [-0.05, 0) is 45.5 Å². The van der Waals surface area contributed by atoms with E-state index in [4.69, 9.17) is 17.3 Å². The van der Waals surface area contributed by atoms with Crippen molar-refractivity contribution in [3.63, 3.8) is 0 Å². The number of likely N-dealkylation sites (N-methyl/N-ethyl adjacent to an activating group) is 1. The molecule has 0 saturated carbocycles. The van der Waals surface area contributed by atoms with Crippen molar-refractivity contribution in [2.24, 2.45) is 5.73 Å². The van der Waals surface area contributed by atoms with Gasteiger partial charge in [0.25, 0.3) is 0 Å². The number of halogens is 1. The maximum absolute atomic E-state index is 6.27. The number of benzene rings is 1. The van der Waals surface area contributed by atoms with Gasteiger partial charge in [-0.2, -0.15) is 0 Å². The molecule has 0 spiro atoms. The van der Waals surface area contributed by atoms with Crippen LogP contribution in [0.4, 0.5) is 0 Å². The van der Waals surface area contributed by atoms with E-state index in [1.54, 1.807) is 0 Å². The molecule has 112 valence electrons. The number of nitrogens with zero attached hydrogens (tertiary/aromatic N) is 2. The third-order valence-electron chi connectivity index (χ3n) is 4.45. The zero-order chi connectivity index (χ0) is 14.9. The van der Waals surface area contributed by atoms with Crippen molar-refractivity contribution in [1.29, 1.82) is 0 Å². The van der Waals surface area contributed by atoms with E-state index in [1.807, 2.05) is 12.1 Å². The molecule has 0 radical (unpaired) electrons. The third kappa shape index (κ3) is 3.34. The van der Waals surface area contributed by atoms with E-state index < -0.39 is 0 Å². The van der Waals surface area contributed by atoms with Crippen molar-refractivity contribution in [3.8, 4) is 0 Å². The Labute approximate surface area is 127 Å². The molecule has 2 atom stereocenters. The average molecular weight is 296 g/mol. The highest BCUT2D eigenvalue weighted by molar-refractivity contribution is 6.30. The molecule has 1 heterocycles. The molecule has 1 fully saturated rings. The van der Waals surface area contributed by atoms with Gasteiger partial charge in [-0.1, -0.05) is 23.7 Å². The van der Waals surface area contributed by atoms with Crippen LogP contribution in [0.1, 0.15) is 32.4 Å². The summed E-state index contributed by atoms with van der Waals surface area (Å²) in [5.41, 5.74) is 7.71. The summed E-state index contributed by atoms with van der Waals surface area (Å²) in [5.74, 6) is 0. The second kappa shape index (κ2) is 6.02. The Kier molecular flexibility index (Phi) is 4.75. The molecule has 2 unspecified atom stereocenters. The van der Waals surface area contributed by atoms with Crippen molar-refractivity contribution >= 4 is 11.6 Å². The zero-order valence-electron chi connectivity index (χ0n) is 12.9. The van der Waals surface area contributed by atoms with Gasteiger partial charge in [0.2, 0.25) is 0 Å². The highest BCUT2D eigenvalue weighted by atomic mass is 35.5. The Hall–Kier alpha value is -0.610. The summed E-state index contributed by atoms with van der Waals surface area (Å²) in [4.78, 5) is 4.93. The Morgan fingerprint density at radius 3 is 2.30 bits per heavy atom. The lowest BCUT2D eigenvalue weighted by Gasteiger charge is -2.48. The molecular weight excluding hydrogens is 270 g/mol. The van der Waals surface area contributed by atoms with Gasteiger partial charge in [-0.15, -0.1) is 0 Å². The minimum Gasteiger partial charge on any atom is -0.326 e. The first-order chi connectivity index (χ1) is 9.31. The molecule has 3 nitrogen and oxygen atoms in total. The van der Waals surface area contributed by atoms with Crippen LogP contribution in [-0.2, 0) is 0 Å². The van der Waals surface area contributed by atoms with E-state index in [2.05, 4.69) is 49.8 Å². The van der Waals surface area contributed by atoms with E-state index in [0.717, 1.165) is 24.7 Å². The van der Waals surface area contributed by atoms with Gasteiger partial charge >= 0.3 is 0 Å². The third-order valence-corrected chi connectivity index (χ3v) is 4.70. The first-order valence-electron chi connectivity index (χ1n) is 7.27. The molecule has 1 aromatic rings. The molecule has 4 heteroatoms. The monoisotopic (exact) mass is 295 g/mol. The number of rotatable bonds is 3. The van der Waals surface area contributed by atoms with Crippen LogP contribution >= 0.6 is 11.6 Å². The van der Waals surface area contributed by atoms with Gasteiger partial charge in [0.05, 0.1) is 0 Å². The molecule has 2 N–H and O–H groups in total. The molecule has 0 aliphatic carbocycles. The smallest absolute Gasteiger partial charge is 0.0497 e. The zero-order valence-corrected chi connectivity index (χ0v) is 13.7. The van der Waals surface area contributed by atoms with E-state index >= 15 is 0 Å². The summed E-state index contributed by atoms with van der Waals surface area (Å²) in [6.07, 6.45) is 0. The molecule has 2 rings (SSSR count). The first kappa shape index (κ1) is 15.8. The van der Waals surface area contributed by atoms with E-state index in [9.17, 15) is 0 Å². The summed E-state index contributed by atoms with van der Waals surface area (Å²) in [6, 6.07) is 8.44. The van der Waals surface area contributed by atoms with Crippen molar-refractivity contribution in [1.82, 2.24) is 9.80 Å². The van der Waals surface area contributed by atoms with Crippen molar-refractivity contribution in [2.45, 2.75) is 38.4 Å². The summed E-state index contributed by atoms with van der Waals surface area (Å²) in [7, 11) is 2.19. The van der Waals surface area contributed by atoms with Crippen LogP contribution in [0.2, 0.25) is 5.02 Å². The van der Waals surface area contributed by atoms with Gasteiger partial charge < -0.3 is 5.73 Å². The lowest BCUT2D eigenvalue weighted by atomic mass is 9.93. The minimum absolute atomic E-state index is 0.0929. The Bertz CT molecular complexity index is 442. The van der Waals surface area contributed by atoms with Crippen LogP contribution in [0, 0.1) is 0 Å². The highest BCUT2D eigenvalue weighted by Crippen LogP contribution is 2.30. The topological polar surface area (TPSA) is 32.5 Å². The van der Waals surface area contributed by atoms with Gasteiger partial charge in [0, 0.05) is 42.3 Å². The van der Waals surface area contributed by atoms with Crippen molar-refractivity contribution in [2.75, 3.05) is 26.7 Å². The van der Waals surface area contributed by atoms with Crippen LogP contribution < -0.4 is 5.73 Å². The normalized spacial score (nSPS) is 23.5. The molecule has 20 heavy (non-hydrogen) atoms. The van der Waals surface area contributed by atoms with Crippen LogP contribution in [0.15, 0.2) is 24.3 Å². The molecule has 0 bridgehead atoms. The minimum atomic E-state index is 0.0929.